The van der Waals surface area contributed by atoms with E-state index < -0.39 is 90.5 Å². The smallest absolute Gasteiger partial charge is 0.303 e. The zero-order valence-electron chi connectivity index (χ0n) is 31.3. The molecule has 3 fully saturated rings. The fraction of sp³-hybridized carbons (Fsp3) is 0.824. The second-order valence-electron chi connectivity index (χ2n) is 13.9. The zero-order chi connectivity index (χ0) is 38.2. The Morgan fingerprint density at radius 3 is 1.88 bits per heavy atom. The van der Waals surface area contributed by atoms with E-state index in [0.717, 1.165) is 0 Å². The summed E-state index contributed by atoms with van der Waals surface area (Å²) in [5.74, 6) is -3.50. The van der Waals surface area contributed by atoms with Crippen molar-refractivity contribution in [3.05, 3.63) is 0 Å². The highest BCUT2D eigenvalue weighted by molar-refractivity contribution is 5.76. The summed E-state index contributed by atoms with van der Waals surface area (Å²) in [4.78, 5) is 74.7. The number of hydrogen-bond acceptors (Lipinski definition) is 15. The van der Waals surface area contributed by atoms with Gasteiger partial charge in [0.15, 0.2) is 30.4 Å². The standard InChI is InChI=1S/C34H56N4O13/c1-16(39)13-23-14-25(38-19(4)41)28(50-32-24(37-18(3)40)11-12-26(48-32)17(2)35-9)29(46-20(5)42)27(23)49-33-30(47-21(6)43)31(36-10)34(8,15-45-33)51-22(7)44/h17,23-33,35-36H,11-15H2,1-10H3,(H,37,40)(H,38,41)/t17?,23?,24-,25?,26?,27+,28+,29-,30-,31-,32?,33-,34?/m1/s1. The fourth-order valence-electron chi connectivity index (χ4n) is 7.40. The Balaban J connectivity index is 2.12. The third kappa shape index (κ3) is 11.4. The first-order valence-electron chi connectivity index (χ1n) is 17.4. The third-order valence-electron chi connectivity index (χ3n) is 9.47. The molecule has 13 atom stereocenters. The lowest BCUT2D eigenvalue weighted by molar-refractivity contribution is -0.317. The van der Waals surface area contributed by atoms with Gasteiger partial charge >= 0.3 is 17.9 Å². The summed E-state index contributed by atoms with van der Waals surface area (Å²) in [6.07, 6.45) is -6.07. The van der Waals surface area contributed by atoms with Crippen LogP contribution in [0.25, 0.3) is 0 Å². The molecular weight excluding hydrogens is 672 g/mol. The summed E-state index contributed by atoms with van der Waals surface area (Å²) >= 11 is 0. The second-order valence-corrected chi connectivity index (χ2v) is 13.9. The van der Waals surface area contributed by atoms with Crippen molar-refractivity contribution in [1.82, 2.24) is 21.3 Å². The van der Waals surface area contributed by atoms with Crippen molar-refractivity contribution in [2.45, 2.75) is 154 Å². The van der Waals surface area contributed by atoms with Gasteiger partial charge in [-0.3, -0.25) is 24.0 Å². The molecule has 3 rings (SSSR count). The molecule has 0 aromatic heterocycles. The summed E-state index contributed by atoms with van der Waals surface area (Å²) in [6.45, 7) is 11.2. The fourth-order valence-corrected chi connectivity index (χ4v) is 7.40. The molecule has 1 aliphatic carbocycles. The highest BCUT2D eigenvalue weighted by atomic mass is 16.7. The average Bonchev–Trinajstić information content (AvgIpc) is 3.00. The van der Waals surface area contributed by atoms with Crippen LogP contribution in [-0.4, -0.2) is 129 Å². The SMILES string of the molecule is CNC(C)C1CC[C@@H](NC(C)=O)C(O[C@H]2C(NC(C)=O)CC(CC(C)=O)[C@H](O[C@H]3OCC(C)(OC(C)=O)[C@H](NC)[C@H]3OC(C)=O)[C@H]2OC(C)=O)O1. The molecule has 2 amide bonds. The number of Topliss-reactive ketones (excluding diaryl/α,β-unsaturated/α-hetero) is 1. The number of hydrogen-bond donors (Lipinski definition) is 4. The molecule has 2 heterocycles. The molecule has 2 saturated heterocycles. The van der Waals surface area contributed by atoms with Crippen LogP contribution in [0, 0.1) is 5.92 Å². The first kappa shape index (κ1) is 42.2. The summed E-state index contributed by atoms with van der Waals surface area (Å²) in [6, 6.07) is -2.27. The predicted molar refractivity (Wildman–Crippen MR) is 179 cm³/mol. The van der Waals surface area contributed by atoms with E-state index in [1.165, 1.54) is 41.5 Å². The van der Waals surface area contributed by atoms with Crippen molar-refractivity contribution < 1.29 is 61.9 Å². The Morgan fingerprint density at radius 1 is 0.765 bits per heavy atom. The van der Waals surface area contributed by atoms with Gasteiger partial charge in [-0.25, -0.2) is 0 Å². The van der Waals surface area contributed by atoms with Crippen molar-refractivity contribution in [2.24, 2.45) is 5.92 Å². The number of carbonyl (C=O) groups is 6. The Hall–Kier alpha value is -3.22. The molecule has 290 valence electrons. The molecule has 0 spiro atoms. The van der Waals surface area contributed by atoms with Gasteiger partial charge in [-0.15, -0.1) is 0 Å². The number of esters is 3. The lowest BCUT2D eigenvalue weighted by atomic mass is 9.76. The van der Waals surface area contributed by atoms with E-state index in [1.54, 1.807) is 21.0 Å². The van der Waals surface area contributed by atoms with E-state index >= 15 is 0 Å². The highest BCUT2D eigenvalue weighted by Crippen LogP contribution is 2.39. The zero-order valence-corrected chi connectivity index (χ0v) is 31.3. The minimum atomic E-state index is -1.30. The first-order valence-corrected chi connectivity index (χ1v) is 17.4. The van der Waals surface area contributed by atoms with E-state index in [1.807, 2.05) is 6.92 Å². The van der Waals surface area contributed by atoms with Gasteiger partial charge in [-0.2, -0.15) is 0 Å². The minimum Gasteiger partial charge on any atom is -0.457 e. The van der Waals surface area contributed by atoms with Crippen LogP contribution in [0.5, 0.6) is 0 Å². The number of likely N-dealkylation sites (N-methyl/N-ethyl adjacent to an activating group) is 2. The van der Waals surface area contributed by atoms with E-state index in [9.17, 15) is 28.8 Å². The van der Waals surface area contributed by atoms with Crippen LogP contribution in [-0.2, 0) is 61.9 Å². The van der Waals surface area contributed by atoms with E-state index in [4.69, 9.17) is 33.2 Å². The van der Waals surface area contributed by atoms with Crippen molar-refractivity contribution in [1.29, 1.82) is 0 Å². The van der Waals surface area contributed by atoms with Gasteiger partial charge in [0.2, 0.25) is 11.8 Å². The quantitative estimate of drug-likeness (QED) is 0.137. The third-order valence-corrected chi connectivity index (χ3v) is 9.47. The topological polar surface area (TPSA) is 215 Å². The molecule has 0 bridgehead atoms. The van der Waals surface area contributed by atoms with Crippen LogP contribution in [0.4, 0.5) is 0 Å². The number of rotatable bonds is 14. The van der Waals surface area contributed by atoms with Crippen LogP contribution >= 0.6 is 0 Å². The number of carbonyl (C=O) groups excluding carboxylic acids is 6. The molecule has 3 aliphatic rings. The van der Waals surface area contributed by atoms with Crippen molar-refractivity contribution in [2.75, 3.05) is 20.7 Å². The van der Waals surface area contributed by atoms with Gasteiger partial charge in [-0.1, -0.05) is 0 Å². The molecule has 2 aliphatic heterocycles. The predicted octanol–water partition coefficient (Wildman–Crippen LogP) is 0.00770. The Morgan fingerprint density at radius 2 is 1.35 bits per heavy atom. The molecule has 0 aromatic carbocycles. The monoisotopic (exact) mass is 728 g/mol. The van der Waals surface area contributed by atoms with Gasteiger partial charge in [0, 0.05) is 47.1 Å². The van der Waals surface area contributed by atoms with Gasteiger partial charge in [0.25, 0.3) is 0 Å². The molecule has 0 aromatic rings. The van der Waals surface area contributed by atoms with Crippen molar-refractivity contribution in [3.8, 4) is 0 Å². The maximum Gasteiger partial charge on any atom is 0.303 e. The molecule has 6 unspecified atom stereocenters. The van der Waals surface area contributed by atoms with Crippen molar-refractivity contribution in [3.63, 3.8) is 0 Å². The lowest BCUT2D eigenvalue weighted by Crippen LogP contribution is -2.69. The highest BCUT2D eigenvalue weighted by Gasteiger charge is 2.56. The lowest BCUT2D eigenvalue weighted by Gasteiger charge is -2.51. The van der Waals surface area contributed by atoms with E-state index in [2.05, 4.69) is 21.3 Å². The molecule has 17 heteroatoms. The van der Waals surface area contributed by atoms with Gasteiger partial charge in [-0.05, 0) is 60.0 Å². The minimum absolute atomic E-state index is 0.0347. The van der Waals surface area contributed by atoms with Crippen LogP contribution in [0.15, 0.2) is 0 Å². The average molecular weight is 729 g/mol. The Bertz CT molecular complexity index is 1270. The molecule has 17 nitrogen and oxygen atoms in total. The van der Waals surface area contributed by atoms with Crippen LogP contribution < -0.4 is 21.3 Å². The molecular formula is C34H56N4O13. The number of nitrogens with one attached hydrogen (secondary N) is 4. The number of ether oxygens (including phenoxy) is 7. The maximum atomic E-state index is 12.8. The normalized spacial score (nSPS) is 35.8. The van der Waals surface area contributed by atoms with Gasteiger partial charge in [0.05, 0.1) is 30.8 Å². The van der Waals surface area contributed by atoms with Crippen LogP contribution in [0.1, 0.15) is 81.1 Å². The molecule has 51 heavy (non-hydrogen) atoms. The summed E-state index contributed by atoms with van der Waals surface area (Å²) in [7, 11) is 3.40. The second kappa shape index (κ2) is 18.5. The summed E-state index contributed by atoms with van der Waals surface area (Å²) < 4.78 is 43.1. The van der Waals surface area contributed by atoms with Crippen LogP contribution in [0.3, 0.4) is 0 Å². The van der Waals surface area contributed by atoms with Gasteiger partial charge < -0.3 is 59.2 Å². The molecule has 4 N–H and O–H groups in total. The summed E-state index contributed by atoms with van der Waals surface area (Å²) in [5.41, 5.74) is -1.28. The summed E-state index contributed by atoms with van der Waals surface area (Å²) in [5, 5.41) is 12.0. The first-order chi connectivity index (χ1) is 23.9. The van der Waals surface area contributed by atoms with Gasteiger partial charge in [0.1, 0.15) is 18.0 Å². The van der Waals surface area contributed by atoms with Crippen LogP contribution in [0.2, 0.25) is 0 Å². The Kier molecular flexibility index (Phi) is 15.3. The van der Waals surface area contributed by atoms with E-state index in [0.29, 0.717) is 12.8 Å². The molecule has 1 saturated carbocycles. The van der Waals surface area contributed by atoms with E-state index in [-0.39, 0.29) is 43.3 Å². The number of ketones is 1. The molecule has 0 radical (unpaired) electrons. The number of amides is 2. The largest absolute Gasteiger partial charge is 0.457 e. The van der Waals surface area contributed by atoms with Crippen molar-refractivity contribution >= 4 is 35.5 Å². The maximum absolute atomic E-state index is 12.8. The Labute approximate surface area is 299 Å².